The van der Waals surface area contributed by atoms with Crippen LogP contribution in [-0.2, 0) is 6.42 Å². The number of imidazole rings is 1. The number of hydrogen-bond acceptors (Lipinski definition) is 3. The lowest BCUT2D eigenvalue weighted by atomic mass is 9.84. The lowest BCUT2D eigenvalue weighted by molar-refractivity contribution is 0.0696. The quantitative estimate of drug-likeness (QED) is 0.870. The van der Waals surface area contributed by atoms with Crippen molar-refractivity contribution in [1.82, 2.24) is 9.38 Å². The molecule has 0 spiro atoms. The van der Waals surface area contributed by atoms with E-state index in [0.29, 0.717) is 5.92 Å². The maximum atomic E-state index is 9.92. The second-order valence-corrected chi connectivity index (χ2v) is 5.51. The van der Waals surface area contributed by atoms with Gasteiger partial charge < -0.3 is 5.11 Å². The maximum absolute atomic E-state index is 9.92. The summed E-state index contributed by atoms with van der Waals surface area (Å²) in [5.74, 6) is 0.415. The zero-order chi connectivity index (χ0) is 11.0. The first-order chi connectivity index (χ1) is 7.83. The van der Waals surface area contributed by atoms with Gasteiger partial charge in [0.25, 0.3) is 0 Å². The first-order valence-corrected chi connectivity index (χ1v) is 6.80. The molecule has 0 radical (unpaired) electrons. The average Bonchev–Trinajstić information content (AvgIpc) is 2.81. The van der Waals surface area contributed by atoms with Crippen molar-refractivity contribution in [3.05, 3.63) is 23.5 Å². The van der Waals surface area contributed by atoms with Gasteiger partial charge >= 0.3 is 0 Å². The molecule has 1 fully saturated rings. The molecule has 1 saturated carbocycles. The first kappa shape index (κ1) is 10.3. The number of nitrogens with zero attached hydrogens (tertiary/aromatic N) is 2. The highest BCUT2D eigenvalue weighted by molar-refractivity contribution is 7.15. The van der Waals surface area contributed by atoms with Gasteiger partial charge in [-0.05, 0) is 25.2 Å². The van der Waals surface area contributed by atoms with Crippen molar-refractivity contribution in [2.45, 2.75) is 38.2 Å². The summed E-state index contributed by atoms with van der Waals surface area (Å²) in [4.78, 5) is 5.63. The van der Waals surface area contributed by atoms with Gasteiger partial charge in [-0.1, -0.05) is 12.8 Å². The SMILES string of the molecule is OC1CCCCC1Cc1cn2ccsc2n1. The van der Waals surface area contributed by atoms with Gasteiger partial charge in [0.2, 0.25) is 0 Å². The summed E-state index contributed by atoms with van der Waals surface area (Å²) in [5.41, 5.74) is 1.12. The maximum Gasteiger partial charge on any atom is 0.193 e. The Kier molecular flexibility index (Phi) is 2.69. The average molecular weight is 236 g/mol. The van der Waals surface area contributed by atoms with E-state index in [-0.39, 0.29) is 6.10 Å². The molecule has 0 amide bonds. The molecule has 86 valence electrons. The molecule has 0 saturated heterocycles. The highest BCUT2D eigenvalue weighted by atomic mass is 32.1. The largest absolute Gasteiger partial charge is 0.393 e. The summed E-state index contributed by atoms with van der Waals surface area (Å²) in [7, 11) is 0. The van der Waals surface area contributed by atoms with Gasteiger partial charge in [0.15, 0.2) is 4.96 Å². The summed E-state index contributed by atoms with van der Waals surface area (Å²) >= 11 is 1.66. The summed E-state index contributed by atoms with van der Waals surface area (Å²) in [6, 6.07) is 0. The Labute approximate surface area is 98.8 Å². The summed E-state index contributed by atoms with van der Waals surface area (Å²) in [6.45, 7) is 0. The minimum absolute atomic E-state index is 0.117. The molecule has 2 aromatic heterocycles. The minimum Gasteiger partial charge on any atom is -0.393 e. The zero-order valence-corrected chi connectivity index (χ0v) is 9.99. The Bertz CT molecular complexity index is 448. The van der Waals surface area contributed by atoms with Crippen LogP contribution in [0.3, 0.4) is 0 Å². The third-order valence-corrected chi connectivity index (χ3v) is 4.25. The van der Waals surface area contributed by atoms with E-state index in [1.807, 2.05) is 11.6 Å². The van der Waals surface area contributed by atoms with E-state index in [0.717, 1.165) is 29.9 Å². The first-order valence-electron chi connectivity index (χ1n) is 5.92. The van der Waals surface area contributed by atoms with Gasteiger partial charge in [0.1, 0.15) is 0 Å². The van der Waals surface area contributed by atoms with Crippen molar-refractivity contribution < 1.29 is 5.11 Å². The van der Waals surface area contributed by atoms with E-state index < -0.39 is 0 Å². The van der Waals surface area contributed by atoms with Crippen LogP contribution in [0.4, 0.5) is 0 Å². The number of rotatable bonds is 2. The van der Waals surface area contributed by atoms with E-state index >= 15 is 0 Å². The van der Waals surface area contributed by atoms with Crippen LogP contribution in [0.1, 0.15) is 31.4 Å². The van der Waals surface area contributed by atoms with Gasteiger partial charge in [-0.2, -0.15) is 0 Å². The summed E-state index contributed by atoms with van der Waals surface area (Å²) in [5, 5.41) is 12.0. The van der Waals surface area contributed by atoms with Crippen LogP contribution >= 0.6 is 11.3 Å². The highest BCUT2D eigenvalue weighted by Crippen LogP contribution is 2.27. The zero-order valence-electron chi connectivity index (χ0n) is 9.17. The van der Waals surface area contributed by atoms with Crippen LogP contribution in [-0.4, -0.2) is 20.6 Å². The molecule has 1 aliphatic carbocycles. The third-order valence-electron chi connectivity index (χ3n) is 3.48. The fourth-order valence-electron chi connectivity index (χ4n) is 2.57. The van der Waals surface area contributed by atoms with E-state index in [1.165, 1.54) is 12.8 Å². The van der Waals surface area contributed by atoms with Crippen LogP contribution in [0.25, 0.3) is 4.96 Å². The van der Waals surface area contributed by atoms with Gasteiger partial charge in [0.05, 0.1) is 11.8 Å². The molecule has 0 bridgehead atoms. The van der Waals surface area contributed by atoms with Crippen molar-refractivity contribution in [2.75, 3.05) is 0 Å². The molecule has 3 rings (SSSR count). The Morgan fingerprint density at radius 3 is 3.12 bits per heavy atom. The molecule has 2 atom stereocenters. The van der Waals surface area contributed by atoms with Crippen molar-refractivity contribution in [2.24, 2.45) is 5.92 Å². The Morgan fingerprint density at radius 2 is 2.31 bits per heavy atom. The van der Waals surface area contributed by atoms with Crippen molar-refractivity contribution in [1.29, 1.82) is 0 Å². The number of thiazole rings is 1. The predicted octanol–water partition coefficient (Wildman–Crippen LogP) is 2.49. The molecule has 0 aliphatic heterocycles. The smallest absolute Gasteiger partial charge is 0.193 e. The molecule has 0 aromatic carbocycles. The normalized spacial score (nSPS) is 26.3. The Morgan fingerprint density at radius 1 is 1.44 bits per heavy atom. The molecule has 1 N–H and O–H groups in total. The molecule has 2 aromatic rings. The fraction of sp³-hybridized carbons (Fsp3) is 0.583. The van der Waals surface area contributed by atoms with Crippen LogP contribution in [0.5, 0.6) is 0 Å². The summed E-state index contributed by atoms with van der Waals surface area (Å²) in [6.07, 6.45) is 9.48. The predicted molar refractivity (Wildman–Crippen MR) is 64.7 cm³/mol. The summed E-state index contributed by atoms with van der Waals surface area (Å²) < 4.78 is 2.06. The van der Waals surface area contributed by atoms with Crippen LogP contribution in [0.15, 0.2) is 17.8 Å². The highest BCUT2D eigenvalue weighted by Gasteiger charge is 2.24. The molecular weight excluding hydrogens is 220 g/mol. The number of aliphatic hydroxyl groups is 1. The molecule has 2 heterocycles. The number of aromatic nitrogens is 2. The van der Waals surface area contributed by atoms with Crippen LogP contribution in [0.2, 0.25) is 0 Å². The lowest BCUT2D eigenvalue weighted by Crippen LogP contribution is -2.26. The van der Waals surface area contributed by atoms with Crippen LogP contribution < -0.4 is 0 Å². The van der Waals surface area contributed by atoms with E-state index in [9.17, 15) is 5.11 Å². The number of fused-ring (bicyclic) bond motifs is 1. The number of hydrogen-bond donors (Lipinski definition) is 1. The molecule has 4 heteroatoms. The van der Waals surface area contributed by atoms with Crippen LogP contribution in [0, 0.1) is 5.92 Å². The molecule has 1 aliphatic rings. The van der Waals surface area contributed by atoms with Crippen molar-refractivity contribution in [3.63, 3.8) is 0 Å². The minimum atomic E-state index is -0.117. The van der Waals surface area contributed by atoms with E-state index in [2.05, 4.69) is 15.6 Å². The standard InChI is InChI=1S/C12H16N2OS/c15-11-4-2-1-3-9(11)7-10-8-14-5-6-16-12(14)13-10/h5-6,8-9,11,15H,1-4,7H2. The van der Waals surface area contributed by atoms with E-state index in [1.54, 1.807) is 11.3 Å². The van der Waals surface area contributed by atoms with E-state index in [4.69, 9.17) is 0 Å². The second kappa shape index (κ2) is 4.18. The Balaban J connectivity index is 1.76. The molecule has 3 nitrogen and oxygen atoms in total. The number of aliphatic hydroxyl groups excluding tert-OH is 1. The Hall–Kier alpha value is -0.870. The van der Waals surface area contributed by atoms with Gasteiger partial charge in [-0.3, -0.25) is 4.40 Å². The molecular formula is C12H16N2OS. The molecule has 2 unspecified atom stereocenters. The lowest BCUT2D eigenvalue weighted by Gasteiger charge is -2.26. The second-order valence-electron chi connectivity index (χ2n) is 4.64. The van der Waals surface area contributed by atoms with Crippen molar-refractivity contribution in [3.8, 4) is 0 Å². The molecule has 16 heavy (non-hydrogen) atoms. The monoisotopic (exact) mass is 236 g/mol. The topological polar surface area (TPSA) is 37.5 Å². The third kappa shape index (κ3) is 1.87. The van der Waals surface area contributed by atoms with Gasteiger partial charge in [-0.15, -0.1) is 11.3 Å². The fourth-order valence-corrected chi connectivity index (χ4v) is 3.29. The van der Waals surface area contributed by atoms with Gasteiger partial charge in [0, 0.05) is 17.8 Å². The van der Waals surface area contributed by atoms with Crippen molar-refractivity contribution >= 4 is 16.3 Å². The van der Waals surface area contributed by atoms with Gasteiger partial charge in [-0.25, -0.2) is 4.98 Å².